The van der Waals surface area contributed by atoms with Gasteiger partial charge in [0.25, 0.3) is 0 Å². The minimum absolute atomic E-state index is 0.0921. The van der Waals surface area contributed by atoms with Crippen molar-refractivity contribution in [1.29, 1.82) is 0 Å². The average Bonchev–Trinajstić information content (AvgIpc) is 2.91. The highest BCUT2D eigenvalue weighted by Crippen LogP contribution is 2.76. The Bertz CT molecular complexity index is 1010. The number of carbonyl (C=O) groups excluding carboxylic acids is 4. The minimum Gasteiger partial charge on any atom is -0.468 e. The third kappa shape index (κ3) is 2.53. The van der Waals surface area contributed by atoms with Crippen molar-refractivity contribution < 1.29 is 28.7 Å². The average molecular weight is 473 g/mol. The van der Waals surface area contributed by atoms with Crippen molar-refractivity contribution in [1.82, 2.24) is 0 Å². The molecule has 0 aliphatic heterocycles. The summed E-state index contributed by atoms with van der Waals surface area (Å²) in [5.74, 6) is -2.02. The molecule has 0 radical (unpaired) electrons. The molecule has 0 bridgehead atoms. The summed E-state index contributed by atoms with van der Waals surface area (Å²) in [5.41, 5.74) is -3.21. The SMILES string of the molecule is COC(=O)[C@@]12C(=O)[C@H](C)C(=O)[C@]1(C)C(C)=C[C@H]1[C@]3(C)CC[C@H](OC(C)=O)C(C)(C)[C@H]3CC[C@@]12C. The van der Waals surface area contributed by atoms with E-state index in [2.05, 4.69) is 26.8 Å². The van der Waals surface area contributed by atoms with Crippen LogP contribution in [0.4, 0.5) is 0 Å². The quantitative estimate of drug-likeness (QED) is 0.329. The standard InChI is InChI=1S/C28H40O6/c1-15-14-19-25(6)12-11-20(34-17(3)29)24(4,5)18(25)10-13-26(19,7)28(23(32)33-9)22(31)16(2)21(30)27(15,28)8/h14,16,18-20H,10-13H2,1-9H3/t16-,18-,19+,20+,25-,26+,27+,28-/m1/s1. The van der Waals surface area contributed by atoms with E-state index in [4.69, 9.17) is 9.47 Å². The lowest BCUT2D eigenvalue weighted by Gasteiger charge is -2.68. The van der Waals surface area contributed by atoms with Gasteiger partial charge in [-0.1, -0.05) is 39.3 Å². The largest absolute Gasteiger partial charge is 0.468 e. The fourth-order valence-corrected chi connectivity index (χ4v) is 9.43. The van der Waals surface area contributed by atoms with Gasteiger partial charge in [-0.3, -0.25) is 19.2 Å². The smallest absolute Gasteiger partial charge is 0.321 e. The van der Waals surface area contributed by atoms with Crippen LogP contribution in [-0.4, -0.2) is 36.7 Å². The highest BCUT2D eigenvalue weighted by Gasteiger charge is 2.82. The molecule has 6 nitrogen and oxygen atoms in total. The normalized spacial score (nSPS) is 47.1. The molecule has 4 aliphatic rings. The lowest BCUT2D eigenvalue weighted by Crippen LogP contribution is -2.69. The molecular formula is C28H40O6. The van der Waals surface area contributed by atoms with Crippen LogP contribution in [0.1, 0.15) is 81.1 Å². The molecule has 3 saturated carbocycles. The number of allylic oxidation sites excluding steroid dienone is 2. The van der Waals surface area contributed by atoms with Gasteiger partial charge in [0.05, 0.1) is 18.4 Å². The Kier molecular flexibility index (Phi) is 5.37. The molecule has 0 saturated heterocycles. The van der Waals surface area contributed by atoms with E-state index in [0.717, 1.165) is 24.8 Å². The molecule has 0 aromatic rings. The first-order valence-electron chi connectivity index (χ1n) is 12.6. The highest BCUT2D eigenvalue weighted by atomic mass is 16.5. The van der Waals surface area contributed by atoms with Gasteiger partial charge >= 0.3 is 11.9 Å². The number of esters is 2. The highest BCUT2D eigenvalue weighted by molar-refractivity contribution is 6.25. The first-order chi connectivity index (χ1) is 15.6. The Morgan fingerprint density at radius 3 is 2.18 bits per heavy atom. The second-order valence-corrected chi connectivity index (χ2v) is 12.6. The monoisotopic (exact) mass is 472 g/mol. The van der Waals surface area contributed by atoms with E-state index in [-0.39, 0.29) is 46.3 Å². The van der Waals surface area contributed by atoms with Crippen molar-refractivity contribution in [3.63, 3.8) is 0 Å². The number of ether oxygens (including phenoxy) is 2. The Hall–Kier alpha value is -1.98. The molecule has 0 N–H and O–H groups in total. The van der Waals surface area contributed by atoms with E-state index in [1.54, 1.807) is 13.8 Å². The van der Waals surface area contributed by atoms with Crippen molar-refractivity contribution in [3.05, 3.63) is 11.6 Å². The molecule has 0 spiro atoms. The summed E-state index contributed by atoms with van der Waals surface area (Å²) in [7, 11) is 1.32. The lowest BCUT2D eigenvalue weighted by molar-refractivity contribution is -0.218. The van der Waals surface area contributed by atoms with Crippen LogP contribution in [0.3, 0.4) is 0 Å². The fraction of sp³-hybridized carbons (Fsp3) is 0.786. The van der Waals surface area contributed by atoms with E-state index in [9.17, 15) is 19.2 Å². The Morgan fingerprint density at radius 1 is 1.00 bits per heavy atom. The van der Waals surface area contributed by atoms with E-state index >= 15 is 0 Å². The van der Waals surface area contributed by atoms with Gasteiger partial charge in [0, 0.05) is 12.3 Å². The van der Waals surface area contributed by atoms with E-state index in [1.165, 1.54) is 14.0 Å². The van der Waals surface area contributed by atoms with Crippen molar-refractivity contribution in [3.8, 4) is 0 Å². The van der Waals surface area contributed by atoms with Crippen LogP contribution in [-0.2, 0) is 28.7 Å². The molecule has 3 fully saturated rings. The molecule has 0 amide bonds. The summed E-state index contributed by atoms with van der Waals surface area (Å²) >= 11 is 0. The Labute approximate surface area is 203 Å². The predicted octanol–water partition coefficient (Wildman–Crippen LogP) is 4.69. The number of rotatable bonds is 2. The van der Waals surface area contributed by atoms with Crippen LogP contribution in [0.2, 0.25) is 0 Å². The van der Waals surface area contributed by atoms with Gasteiger partial charge < -0.3 is 9.47 Å². The zero-order valence-electron chi connectivity index (χ0n) is 22.2. The van der Waals surface area contributed by atoms with Gasteiger partial charge in [-0.25, -0.2) is 0 Å². The summed E-state index contributed by atoms with van der Waals surface area (Å²) in [6.07, 6.45) is 4.98. The van der Waals surface area contributed by atoms with Crippen LogP contribution in [0, 0.1) is 44.8 Å². The lowest BCUT2D eigenvalue weighted by atomic mass is 9.34. The maximum atomic E-state index is 14.0. The summed E-state index contributed by atoms with van der Waals surface area (Å²) in [6.45, 7) is 15.5. The summed E-state index contributed by atoms with van der Waals surface area (Å²) in [5, 5.41) is 0. The molecule has 8 atom stereocenters. The number of Topliss-reactive ketones (excluding diaryl/α,β-unsaturated/α-hetero) is 2. The molecule has 4 aliphatic carbocycles. The van der Waals surface area contributed by atoms with E-state index < -0.39 is 28.1 Å². The molecule has 6 heteroatoms. The van der Waals surface area contributed by atoms with Gasteiger partial charge in [-0.2, -0.15) is 0 Å². The van der Waals surface area contributed by atoms with Gasteiger partial charge in [0.15, 0.2) is 11.6 Å². The number of carbonyl (C=O) groups is 4. The molecule has 188 valence electrons. The summed E-state index contributed by atoms with van der Waals surface area (Å²) < 4.78 is 11.1. The molecule has 0 heterocycles. The number of methoxy groups -OCH3 is 1. The number of hydrogen-bond donors (Lipinski definition) is 0. The van der Waals surface area contributed by atoms with Gasteiger partial charge in [-0.15, -0.1) is 0 Å². The zero-order valence-corrected chi connectivity index (χ0v) is 22.2. The predicted molar refractivity (Wildman–Crippen MR) is 126 cm³/mol. The molecule has 0 aromatic carbocycles. The van der Waals surface area contributed by atoms with Crippen LogP contribution < -0.4 is 0 Å². The summed E-state index contributed by atoms with van der Waals surface area (Å²) in [6, 6.07) is 0. The number of ketones is 2. The second-order valence-electron chi connectivity index (χ2n) is 12.6. The number of hydrogen-bond acceptors (Lipinski definition) is 6. The first-order valence-corrected chi connectivity index (χ1v) is 12.6. The Balaban J connectivity index is 1.95. The van der Waals surface area contributed by atoms with Crippen molar-refractivity contribution in [2.24, 2.45) is 44.8 Å². The fourth-order valence-electron chi connectivity index (χ4n) is 9.43. The van der Waals surface area contributed by atoms with Crippen LogP contribution in [0.25, 0.3) is 0 Å². The van der Waals surface area contributed by atoms with Gasteiger partial charge in [-0.05, 0) is 69.1 Å². The first kappa shape index (κ1) is 25.1. The molecule has 0 unspecified atom stereocenters. The van der Waals surface area contributed by atoms with Gasteiger partial charge in [0.1, 0.15) is 11.5 Å². The van der Waals surface area contributed by atoms with Crippen LogP contribution in [0.15, 0.2) is 11.6 Å². The summed E-state index contributed by atoms with van der Waals surface area (Å²) in [4.78, 5) is 53.2. The molecule has 34 heavy (non-hydrogen) atoms. The van der Waals surface area contributed by atoms with Crippen molar-refractivity contribution in [2.45, 2.75) is 87.2 Å². The Morgan fingerprint density at radius 2 is 1.62 bits per heavy atom. The molecule has 0 aromatic heterocycles. The molecule has 4 rings (SSSR count). The van der Waals surface area contributed by atoms with Gasteiger partial charge in [0.2, 0.25) is 0 Å². The second kappa shape index (κ2) is 7.27. The van der Waals surface area contributed by atoms with Crippen molar-refractivity contribution in [2.75, 3.05) is 7.11 Å². The third-order valence-electron chi connectivity index (χ3n) is 11.1. The third-order valence-corrected chi connectivity index (χ3v) is 11.1. The topological polar surface area (TPSA) is 86.7 Å². The van der Waals surface area contributed by atoms with Crippen molar-refractivity contribution >= 4 is 23.5 Å². The number of fused-ring (bicyclic) bond motifs is 5. The minimum atomic E-state index is -1.54. The van der Waals surface area contributed by atoms with Crippen LogP contribution in [0.5, 0.6) is 0 Å². The zero-order chi connectivity index (χ0) is 25.6. The van der Waals surface area contributed by atoms with E-state index in [1.807, 2.05) is 13.8 Å². The maximum absolute atomic E-state index is 14.0. The molecular weight excluding hydrogens is 432 g/mol. The van der Waals surface area contributed by atoms with E-state index in [0.29, 0.717) is 6.42 Å². The maximum Gasteiger partial charge on any atom is 0.321 e. The van der Waals surface area contributed by atoms with Crippen LogP contribution >= 0.6 is 0 Å².